The number of carbonyl (C=O) groups excluding carboxylic acids is 1. The number of amides is 2. The van der Waals surface area contributed by atoms with Crippen LogP contribution in [-0.4, -0.2) is 60.7 Å². The molecule has 0 unspecified atom stereocenters. The van der Waals surface area contributed by atoms with Gasteiger partial charge < -0.3 is 10.2 Å². The van der Waals surface area contributed by atoms with Crippen LogP contribution in [0.5, 0.6) is 0 Å². The molecule has 2 aromatic carbocycles. The van der Waals surface area contributed by atoms with E-state index in [0.29, 0.717) is 6.54 Å². The Balaban J connectivity index is 1.20. The number of hydrogen-bond acceptors (Lipinski definition) is 4. The minimum absolute atomic E-state index is 0.00734. The van der Waals surface area contributed by atoms with Crippen molar-refractivity contribution in [3.8, 4) is 0 Å². The molecule has 1 N–H and O–H groups in total. The van der Waals surface area contributed by atoms with Crippen LogP contribution in [-0.2, 0) is 6.42 Å². The zero-order valence-electron chi connectivity index (χ0n) is 19.8. The van der Waals surface area contributed by atoms with Crippen LogP contribution < -0.4 is 15.1 Å². The summed E-state index contributed by atoms with van der Waals surface area (Å²) in [6.45, 7) is 12.1. The Bertz CT molecular complexity index is 1170. The van der Waals surface area contributed by atoms with Crippen molar-refractivity contribution in [1.82, 2.24) is 15.2 Å². The summed E-state index contributed by atoms with van der Waals surface area (Å²) >= 11 is 0. The first kappa shape index (κ1) is 21.7. The molecular weight excluding hydrogens is 410 g/mol. The third-order valence-corrected chi connectivity index (χ3v) is 6.93. The molecule has 3 heterocycles. The summed E-state index contributed by atoms with van der Waals surface area (Å²) in [6.07, 6.45) is 0.987. The van der Waals surface area contributed by atoms with E-state index >= 15 is 0 Å². The standard InChI is InChI=1S/C27H33N5O/c1-20-10-11-23-24(29-20)8-5-9-25(23)31-16-14-30(15-17-31)13-12-21-6-4-7-22(18-21)32-26(33)28-19-27(32,2)3/h4-11,18H,12-17,19H2,1-3H3,(H,28,33). The molecule has 0 radical (unpaired) electrons. The van der Waals surface area contributed by atoms with Gasteiger partial charge in [-0.25, -0.2) is 4.79 Å². The van der Waals surface area contributed by atoms with Crippen molar-refractivity contribution in [1.29, 1.82) is 0 Å². The Morgan fingerprint density at radius 3 is 2.55 bits per heavy atom. The summed E-state index contributed by atoms with van der Waals surface area (Å²) in [7, 11) is 0. The molecule has 6 nitrogen and oxygen atoms in total. The fourth-order valence-corrected chi connectivity index (χ4v) is 5.06. The van der Waals surface area contributed by atoms with Gasteiger partial charge in [0.1, 0.15) is 0 Å². The summed E-state index contributed by atoms with van der Waals surface area (Å²) in [5.41, 5.74) is 5.48. The summed E-state index contributed by atoms with van der Waals surface area (Å²) < 4.78 is 0. The molecule has 6 heteroatoms. The van der Waals surface area contributed by atoms with Crippen molar-refractivity contribution in [2.24, 2.45) is 0 Å². The third kappa shape index (κ3) is 4.40. The van der Waals surface area contributed by atoms with E-state index in [9.17, 15) is 4.79 Å². The molecule has 0 saturated carbocycles. The molecule has 0 bridgehead atoms. The van der Waals surface area contributed by atoms with E-state index in [2.05, 4.69) is 77.5 Å². The van der Waals surface area contributed by atoms with Gasteiger partial charge in [0.2, 0.25) is 0 Å². The lowest BCUT2D eigenvalue weighted by molar-refractivity contribution is 0.251. The number of hydrogen-bond donors (Lipinski definition) is 1. The molecule has 0 spiro atoms. The molecule has 33 heavy (non-hydrogen) atoms. The second-order valence-electron chi connectivity index (χ2n) is 9.85. The van der Waals surface area contributed by atoms with Crippen molar-refractivity contribution in [3.05, 3.63) is 65.9 Å². The number of piperazine rings is 1. The van der Waals surface area contributed by atoms with Gasteiger partial charge in [0.25, 0.3) is 0 Å². The fourth-order valence-electron chi connectivity index (χ4n) is 5.06. The number of urea groups is 1. The Labute approximate surface area is 196 Å². The van der Waals surface area contributed by atoms with Crippen LogP contribution in [0.25, 0.3) is 10.9 Å². The van der Waals surface area contributed by atoms with Crippen molar-refractivity contribution in [2.45, 2.75) is 32.7 Å². The highest BCUT2D eigenvalue weighted by molar-refractivity contribution is 5.96. The number of pyridine rings is 1. The first-order valence-corrected chi connectivity index (χ1v) is 11.9. The molecule has 2 aliphatic rings. The number of rotatable bonds is 5. The second kappa shape index (κ2) is 8.67. The molecule has 2 amide bonds. The van der Waals surface area contributed by atoms with E-state index in [0.717, 1.165) is 56.0 Å². The Morgan fingerprint density at radius 1 is 1.00 bits per heavy atom. The van der Waals surface area contributed by atoms with Crippen LogP contribution in [0.1, 0.15) is 25.1 Å². The number of nitrogens with zero attached hydrogens (tertiary/aromatic N) is 4. The Kier molecular flexibility index (Phi) is 5.71. The predicted molar refractivity (Wildman–Crippen MR) is 135 cm³/mol. The molecule has 172 valence electrons. The van der Waals surface area contributed by atoms with Gasteiger partial charge in [0.15, 0.2) is 0 Å². The van der Waals surface area contributed by atoms with Crippen molar-refractivity contribution < 1.29 is 4.79 Å². The number of aryl methyl sites for hydroxylation is 1. The SMILES string of the molecule is Cc1ccc2c(N3CCN(CCc4cccc(N5C(=O)NCC5(C)C)c4)CC3)cccc2n1. The average molecular weight is 444 g/mol. The number of anilines is 2. The van der Waals surface area contributed by atoms with Crippen LogP contribution in [0.2, 0.25) is 0 Å². The molecular formula is C27H33N5O. The molecule has 1 aromatic heterocycles. The quantitative estimate of drug-likeness (QED) is 0.642. The van der Waals surface area contributed by atoms with E-state index < -0.39 is 0 Å². The second-order valence-corrected chi connectivity index (χ2v) is 9.85. The van der Waals surface area contributed by atoms with Crippen molar-refractivity contribution in [2.75, 3.05) is 49.1 Å². The van der Waals surface area contributed by atoms with Crippen LogP contribution in [0.15, 0.2) is 54.6 Å². The Morgan fingerprint density at radius 2 is 1.79 bits per heavy atom. The smallest absolute Gasteiger partial charge is 0.322 e. The lowest BCUT2D eigenvalue weighted by Gasteiger charge is -2.36. The molecule has 2 saturated heterocycles. The van der Waals surface area contributed by atoms with Gasteiger partial charge in [-0.05, 0) is 69.2 Å². The van der Waals surface area contributed by atoms with Gasteiger partial charge in [0.05, 0.1) is 11.1 Å². The zero-order chi connectivity index (χ0) is 23.0. The highest BCUT2D eigenvalue weighted by atomic mass is 16.2. The molecule has 2 aliphatic heterocycles. The molecule has 5 rings (SSSR count). The maximum atomic E-state index is 12.4. The van der Waals surface area contributed by atoms with Crippen molar-refractivity contribution in [3.63, 3.8) is 0 Å². The van der Waals surface area contributed by atoms with Gasteiger partial charge in [-0.15, -0.1) is 0 Å². The highest BCUT2D eigenvalue weighted by Crippen LogP contribution is 2.29. The van der Waals surface area contributed by atoms with Crippen molar-refractivity contribution >= 4 is 28.3 Å². The third-order valence-electron chi connectivity index (χ3n) is 6.93. The number of aromatic nitrogens is 1. The van der Waals surface area contributed by atoms with E-state index in [1.54, 1.807) is 0 Å². The number of benzene rings is 2. The molecule has 0 aliphatic carbocycles. The van der Waals surface area contributed by atoms with Gasteiger partial charge >= 0.3 is 6.03 Å². The summed E-state index contributed by atoms with van der Waals surface area (Å²) in [5.74, 6) is 0. The Hall–Kier alpha value is -3.12. The predicted octanol–water partition coefficient (Wildman–Crippen LogP) is 4.22. The normalized spacial score (nSPS) is 18.7. The average Bonchev–Trinajstić information content (AvgIpc) is 3.09. The number of fused-ring (bicyclic) bond motifs is 1. The van der Waals surface area contributed by atoms with E-state index in [1.807, 2.05) is 17.9 Å². The van der Waals surface area contributed by atoms with Gasteiger partial charge in [0, 0.05) is 61.7 Å². The van der Waals surface area contributed by atoms with Gasteiger partial charge in [-0.1, -0.05) is 18.2 Å². The maximum absolute atomic E-state index is 12.4. The van der Waals surface area contributed by atoms with Crippen LogP contribution in [0, 0.1) is 6.92 Å². The summed E-state index contributed by atoms with van der Waals surface area (Å²) in [4.78, 5) is 24.0. The molecule has 3 aromatic rings. The largest absolute Gasteiger partial charge is 0.368 e. The summed E-state index contributed by atoms with van der Waals surface area (Å²) in [6, 6.07) is 19.2. The minimum Gasteiger partial charge on any atom is -0.368 e. The first-order chi connectivity index (χ1) is 15.9. The topological polar surface area (TPSA) is 51.7 Å². The maximum Gasteiger partial charge on any atom is 0.322 e. The lowest BCUT2D eigenvalue weighted by Crippen LogP contribution is -2.47. The number of nitrogens with one attached hydrogen (secondary N) is 1. The van der Waals surface area contributed by atoms with E-state index in [4.69, 9.17) is 4.98 Å². The van der Waals surface area contributed by atoms with Gasteiger partial charge in [-0.3, -0.25) is 14.8 Å². The zero-order valence-corrected chi connectivity index (χ0v) is 19.8. The highest BCUT2D eigenvalue weighted by Gasteiger charge is 2.38. The monoisotopic (exact) mass is 443 g/mol. The van der Waals surface area contributed by atoms with Crippen LogP contribution in [0.4, 0.5) is 16.2 Å². The van der Waals surface area contributed by atoms with E-state index in [1.165, 1.54) is 16.6 Å². The first-order valence-electron chi connectivity index (χ1n) is 11.9. The molecule has 2 fully saturated rings. The van der Waals surface area contributed by atoms with Crippen LogP contribution in [0.3, 0.4) is 0 Å². The minimum atomic E-state index is -0.206. The van der Waals surface area contributed by atoms with E-state index in [-0.39, 0.29) is 11.6 Å². The van der Waals surface area contributed by atoms with Crippen LogP contribution >= 0.6 is 0 Å². The lowest BCUT2D eigenvalue weighted by atomic mass is 10.0. The molecule has 0 atom stereocenters. The number of carbonyl (C=O) groups is 1. The summed E-state index contributed by atoms with van der Waals surface area (Å²) in [5, 5.41) is 4.20. The van der Waals surface area contributed by atoms with Gasteiger partial charge in [-0.2, -0.15) is 0 Å². The fraction of sp³-hybridized carbons (Fsp3) is 0.407.